The zero-order valence-corrected chi connectivity index (χ0v) is 5.56. The molecule has 0 saturated heterocycles. The van der Waals surface area contributed by atoms with Crippen LogP contribution in [0.15, 0.2) is 5.16 Å². The van der Waals surface area contributed by atoms with E-state index in [1.54, 1.807) is 0 Å². The van der Waals surface area contributed by atoms with Gasteiger partial charge >= 0.3 is 10.5 Å². The molecule has 0 heterocycles. The van der Waals surface area contributed by atoms with Crippen molar-refractivity contribution in [2.24, 2.45) is 5.16 Å². The third kappa shape index (κ3) is 3.52. The lowest BCUT2D eigenvalue weighted by atomic mass is 10.3. The van der Waals surface area contributed by atoms with Crippen LogP contribution in [0.5, 0.6) is 0 Å². The Kier molecular flexibility index (Phi) is 3.69. The summed E-state index contributed by atoms with van der Waals surface area (Å²) in [5, 5.41) is 3.57. The van der Waals surface area contributed by atoms with Crippen LogP contribution >= 0.6 is 0 Å². The topological polar surface area (TPSA) is 21.6 Å². The summed E-state index contributed by atoms with van der Waals surface area (Å²) in [6.07, 6.45) is 0.935. The third-order valence-corrected chi connectivity index (χ3v) is 0.804. The van der Waals surface area contributed by atoms with Crippen molar-refractivity contribution in [2.75, 3.05) is 0 Å². The van der Waals surface area contributed by atoms with Crippen LogP contribution in [0.1, 0.15) is 20.3 Å². The lowest BCUT2D eigenvalue weighted by Gasteiger charge is -1.89. The fourth-order valence-corrected chi connectivity index (χ4v) is 0.298. The molecule has 0 aliphatic rings. The summed E-state index contributed by atoms with van der Waals surface area (Å²) in [6, 6.07) is 0. The molecular formula is C4H8NOSi. The first-order valence-electron chi connectivity index (χ1n) is 2.17. The van der Waals surface area contributed by atoms with Crippen LogP contribution in [-0.2, 0) is 4.53 Å². The maximum atomic E-state index is 4.29. The SMILES string of the molecule is CCC(C)=NO[Si]. The van der Waals surface area contributed by atoms with Gasteiger partial charge < -0.3 is 4.53 Å². The van der Waals surface area contributed by atoms with Gasteiger partial charge in [0.2, 0.25) is 0 Å². The smallest absolute Gasteiger partial charge is 0.387 e. The Labute approximate surface area is 47.1 Å². The van der Waals surface area contributed by atoms with Gasteiger partial charge in [0, 0.05) is 0 Å². The molecule has 3 heteroatoms. The molecule has 0 aromatic heterocycles. The number of nitrogens with zero attached hydrogens (tertiary/aromatic N) is 1. The lowest BCUT2D eigenvalue weighted by molar-refractivity contribution is 0.376. The minimum atomic E-state index is 0.935. The second-order valence-electron chi connectivity index (χ2n) is 1.27. The summed E-state index contributed by atoms with van der Waals surface area (Å²) in [4.78, 5) is 0. The van der Waals surface area contributed by atoms with Crippen LogP contribution in [0.4, 0.5) is 0 Å². The van der Waals surface area contributed by atoms with Crippen LogP contribution in [0.3, 0.4) is 0 Å². The predicted octanol–water partition coefficient (Wildman–Crippen LogP) is 0.872. The van der Waals surface area contributed by atoms with Crippen LogP contribution in [0, 0.1) is 0 Å². The zero-order valence-electron chi connectivity index (χ0n) is 4.56. The number of hydrogen-bond donors (Lipinski definition) is 0. The van der Waals surface area contributed by atoms with Gasteiger partial charge in [0.05, 0.1) is 5.71 Å². The van der Waals surface area contributed by atoms with Crippen molar-refractivity contribution < 1.29 is 4.53 Å². The molecule has 0 rings (SSSR count). The number of hydrogen-bond acceptors (Lipinski definition) is 2. The molecule has 0 atom stereocenters. The summed E-state index contributed by atoms with van der Waals surface area (Å²) in [5.41, 5.74) is 0.981. The molecule has 2 nitrogen and oxygen atoms in total. The van der Waals surface area contributed by atoms with Gasteiger partial charge in [-0.15, -0.1) is 5.16 Å². The second kappa shape index (κ2) is 3.86. The van der Waals surface area contributed by atoms with E-state index in [4.69, 9.17) is 0 Å². The molecule has 0 saturated carbocycles. The maximum Gasteiger partial charge on any atom is 0.387 e. The molecule has 0 aliphatic heterocycles. The molecule has 0 unspecified atom stereocenters. The van der Waals surface area contributed by atoms with Crippen molar-refractivity contribution in [2.45, 2.75) is 20.3 Å². The highest BCUT2D eigenvalue weighted by Crippen LogP contribution is 1.81. The molecule has 0 bridgehead atoms. The van der Waals surface area contributed by atoms with E-state index in [-0.39, 0.29) is 0 Å². The van der Waals surface area contributed by atoms with E-state index < -0.39 is 0 Å². The highest BCUT2D eigenvalue weighted by molar-refractivity contribution is 5.98. The van der Waals surface area contributed by atoms with Crippen LogP contribution in [0.2, 0.25) is 0 Å². The van der Waals surface area contributed by atoms with E-state index in [2.05, 4.69) is 20.2 Å². The van der Waals surface area contributed by atoms with E-state index in [1.807, 2.05) is 13.8 Å². The first kappa shape index (κ1) is 6.69. The van der Waals surface area contributed by atoms with Crippen LogP contribution < -0.4 is 0 Å². The van der Waals surface area contributed by atoms with Crippen molar-refractivity contribution >= 4 is 16.2 Å². The molecule has 0 spiro atoms. The van der Waals surface area contributed by atoms with Crippen molar-refractivity contribution in [3.63, 3.8) is 0 Å². The highest BCUT2D eigenvalue weighted by atomic mass is 28.2. The van der Waals surface area contributed by atoms with Gasteiger partial charge in [-0.25, -0.2) is 0 Å². The van der Waals surface area contributed by atoms with E-state index in [0.29, 0.717) is 0 Å². The van der Waals surface area contributed by atoms with Crippen LogP contribution in [0.25, 0.3) is 0 Å². The first-order chi connectivity index (χ1) is 3.31. The Balaban J connectivity index is 3.29. The molecule has 0 aromatic rings. The Bertz CT molecular complexity index is 72.1. The molecule has 0 aromatic carbocycles. The Morgan fingerprint density at radius 1 is 1.86 bits per heavy atom. The van der Waals surface area contributed by atoms with Crippen LogP contribution in [-0.4, -0.2) is 16.2 Å². The number of rotatable bonds is 2. The minimum Gasteiger partial charge on any atom is -0.454 e. The molecule has 3 radical (unpaired) electrons. The summed E-state index contributed by atoms with van der Waals surface area (Å²) < 4.78 is 4.29. The van der Waals surface area contributed by atoms with Crippen molar-refractivity contribution in [1.82, 2.24) is 0 Å². The lowest BCUT2D eigenvalue weighted by Crippen LogP contribution is -1.87. The fourth-order valence-electron chi connectivity index (χ4n) is 0.142. The highest BCUT2D eigenvalue weighted by Gasteiger charge is 1.80. The minimum absolute atomic E-state index is 0.935. The van der Waals surface area contributed by atoms with E-state index in [1.165, 1.54) is 0 Å². The molecule has 7 heavy (non-hydrogen) atoms. The van der Waals surface area contributed by atoms with Gasteiger partial charge in [-0.3, -0.25) is 0 Å². The first-order valence-corrected chi connectivity index (χ1v) is 2.58. The summed E-state index contributed by atoms with van der Waals surface area (Å²) in [6.45, 7) is 3.92. The van der Waals surface area contributed by atoms with Crippen molar-refractivity contribution in [1.29, 1.82) is 0 Å². The molecule has 39 valence electrons. The van der Waals surface area contributed by atoms with Gasteiger partial charge in [0.1, 0.15) is 0 Å². The van der Waals surface area contributed by atoms with Gasteiger partial charge in [0.25, 0.3) is 0 Å². The van der Waals surface area contributed by atoms with Crippen molar-refractivity contribution in [3.05, 3.63) is 0 Å². The average molecular weight is 114 g/mol. The summed E-state index contributed by atoms with van der Waals surface area (Å²) in [5.74, 6) is 0. The normalized spacial score (nSPS) is 11.6. The average Bonchev–Trinajstić information content (AvgIpc) is 1.68. The van der Waals surface area contributed by atoms with E-state index >= 15 is 0 Å². The van der Waals surface area contributed by atoms with Crippen molar-refractivity contribution in [3.8, 4) is 0 Å². The Hall–Kier alpha value is -0.313. The Morgan fingerprint density at radius 3 is 2.57 bits per heavy atom. The quantitative estimate of drug-likeness (QED) is 0.296. The van der Waals surface area contributed by atoms with Gasteiger partial charge in [0.15, 0.2) is 0 Å². The molecule has 0 N–H and O–H groups in total. The zero-order chi connectivity index (χ0) is 5.70. The molecular weight excluding hydrogens is 106 g/mol. The largest absolute Gasteiger partial charge is 0.454 e. The summed E-state index contributed by atoms with van der Waals surface area (Å²) >= 11 is 0. The standard InChI is InChI=1S/C4H8NOSi/c1-3-4(2)5-6-7/h3H2,1-2H3. The second-order valence-corrected chi connectivity index (χ2v) is 1.45. The van der Waals surface area contributed by atoms with E-state index in [9.17, 15) is 0 Å². The Morgan fingerprint density at radius 2 is 2.43 bits per heavy atom. The predicted molar refractivity (Wildman–Crippen MR) is 30.2 cm³/mol. The molecule has 0 fully saturated rings. The monoisotopic (exact) mass is 114 g/mol. The van der Waals surface area contributed by atoms with Gasteiger partial charge in [-0.2, -0.15) is 0 Å². The number of oxime groups is 1. The molecule has 0 aliphatic carbocycles. The maximum absolute atomic E-state index is 4.29. The third-order valence-electron chi connectivity index (χ3n) is 0.713. The van der Waals surface area contributed by atoms with Gasteiger partial charge in [-0.1, -0.05) is 6.92 Å². The summed E-state index contributed by atoms with van der Waals surface area (Å²) in [7, 11) is 2.75. The molecule has 0 amide bonds. The fraction of sp³-hybridized carbons (Fsp3) is 0.750. The van der Waals surface area contributed by atoms with Gasteiger partial charge in [-0.05, 0) is 13.3 Å². The van der Waals surface area contributed by atoms with E-state index in [0.717, 1.165) is 12.1 Å².